The zero-order chi connectivity index (χ0) is 15.0. The van der Waals surface area contributed by atoms with Gasteiger partial charge < -0.3 is 15.4 Å². The highest BCUT2D eigenvalue weighted by Gasteiger charge is 2.14. The summed E-state index contributed by atoms with van der Waals surface area (Å²) in [4.78, 5) is 22.9. The van der Waals surface area contributed by atoms with E-state index in [-0.39, 0.29) is 5.91 Å². The van der Waals surface area contributed by atoms with Crippen molar-refractivity contribution in [2.45, 2.75) is 26.4 Å². The van der Waals surface area contributed by atoms with Gasteiger partial charge >= 0.3 is 6.03 Å². The van der Waals surface area contributed by atoms with Crippen molar-refractivity contribution in [1.82, 2.24) is 16.0 Å². The topological polar surface area (TPSA) is 79.5 Å². The number of ether oxygens (including phenoxy) is 1. The fourth-order valence-electron chi connectivity index (χ4n) is 1.57. The van der Waals surface area contributed by atoms with Crippen molar-refractivity contribution in [3.05, 3.63) is 29.8 Å². The van der Waals surface area contributed by atoms with Gasteiger partial charge in [0.15, 0.2) is 0 Å². The number of amides is 3. The summed E-state index contributed by atoms with van der Waals surface area (Å²) < 4.78 is 5.13. The highest BCUT2D eigenvalue weighted by molar-refractivity contribution is 5.96. The van der Waals surface area contributed by atoms with Crippen molar-refractivity contribution in [1.29, 1.82) is 0 Å². The monoisotopic (exact) mass is 279 g/mol. The number of imide groups is 1. The Labute approximate surface area is 118 Å². The van der Waals surface area contributed by atoms with Gasteiger partial charge in [-0.2, -0.15) is 0 Å². The summed E-state index contributed by atoms with van der Waals surface area (Å²) in [7, 11) is 1.61. The van der Waals surface area contributed by atoms with E-state index in [0.717, 1.165) is 11.3 Å². The fraction of sp³-hybridized carbons (Fsp3) is 0.429. The lowest BCUT2D eigenvalue weighted by Crippen LogP contribution is -2.47. The first-order valence-corrected chi connectivity index (χ1v) is 6.51. The molecular formula is C14H21N3O3. The maximum absolute atomic E-state index is 11.7. The number of methoxy groups -OCH3 is 1. The number of urea groups is 1. The van der Waals surface area contributed by atoms with Crippen LogP contribution in [0.3, 0.4) is 0 Å². The molecule has 1 unspecified atom stereocenters. The van der Waals surface area contributed by atoms with Crippen LogP contribution in [-0.2, 0) is 11.3 Å². The van der Waals surface area contributed by atoms with Gasteiger partial charge in [0.05, 0.1) is 13.2 Å². The summed E-state index contributed by atoms with van der Waals surface area (Å²) in [6.07, 6.45) is 0. The first-order chi connectivity index (χ1) is 9.56. The van der Waals surface area contributed by atoms with E-state index in [2.05, 4.69) is 16.0 Å². The molecule has 6 heteroatoms. The molecule has 6 nitrogen and oxygen atoms in total. The average molecular weight is 279 g/mol. The van der Waals surface area contributed by atoms with Gasteiger partial charge in [-0.05, 0) is 31.5 Å². The molecule has 0 bridgehead atoms. The highest BCUT2D eigenvalue weighted by Crippen LogP contribution is 2.12. The van der Waals surface area contributed by atoms with Crippen LogP contribution >= 0.6 is 0 Å². The van der Waals surface area contributed by atoms with Crippen LogP contribution in [0.2, 0.25) is 0 Å². The van der Waals surface area contributed by atoms with Crippen molar-refractivity contribution in [2.24, 2.45) is 0 Å². The smallest absolute Gasteiger partial charge is 0.321 e. The average Bonchev–Trinajstić information content (AvgIpc) is 2.45. The Bertz CT molecular complexity index is 463. The Kier molecular flexibility index (Phi) is 6.52. The molecule has 0 saturated heterocycles. The number of hydrogen-bond donors (Lipinski definition) is 3. The quantitative estimate of drug-likeness (QED) is 0.726. The number of benzene rings is 1. The van der Waals surface area contributed by atoms with Gasteiger partial charge in [0.1, 0.15) is 5.75 Å². The number of hydrogen-bond acceptors (Lipinski definition) is 4. The molecule has 1 rings (SSSR count). The lowest BCUT2D eigenvalue weighted by molar-refractivity contribution is -0.121. The first kappa shape index (κ1) is 16.0. The van der Waals surface area contributed by atoms with Crippen LogP contribution in [0.5, 0.6) is 5.75 Å². The Hall–Kier alpha value is -2.08. The summed E-state index contributed by atoms with van der Waals surface area (Å²) >= 11 is 0. The van der Waals surface area contributed by atoms with E-state index in [1.54, 1.807) is 21.0 Å². The van der Waals surface area contributed by atoms with Crippen LogP contribution in [0.1, 0.15) is 19.4 Å². The third-order valence-corrected chi connectivity index (χ3v) is 2.71. The van der Waals surface area contributed by atoms with Gasteiger partial charge in [-0.15, -0.1) is 0 Å². The first-order valence-electron chi connectivity index (χ1n) is 6.51. The number of nitrogens with one attached hydrogen (secondary N) is 3. The molecule has 1 atom stereocenters. The van der Waals surface area contributed by atoms with Gasteiger partial charge in [0.25, 0.3) is 0 Å². The van der Waals surface area contributed by atoms with Crippen LogP contribution in [0.25, 0.3) is 0 Å². The number of carbonyl (C=O) groups excluding carboxylic acids is 2. The molecule has 3 N–H and O–H groups in total. The second-order valence-electron chi connectivity index (χ2n) is 4.30. The summed E-state index contributed by atoms with van der Waals surface area (Å²) in [5.74, 6) is 0.405. The van der Waals surface area contributed by atoms with E-state index in [1.807, 2.05) is 24.3 Å². The lowest BCUT2D eigenvalue weighted by atomic mass is 10.2. The normalized spacial score (nSPS) is 11.6. The zero-order valence-corrected chi connectivity index (χ0v) is 12.0. The van der Waals surface area contributed by atoms with Crippen LogP contribution in [0.4, 0.5) is 4.79 Å². The minimum absolute atomic E-state index is 0.362. The predicted molar refractivity (Wildman–Crippen MR) is 76.5 cm³/mol. The fourth-order valence-corrected chi connectivity index (χ4v) is 1.57. The maximum atomic E-state index is 11.7. The minimum atomic E-state index is -0.479. The second-order valence-corrected chi connectivity index (χ2v) is 4.30. The maximum Gasteiger partial charge on any atom is 0.321 e. The van der Waals surface area contributed by atoms with Crippen LogP contribution < -0.4 is 20.7 Å². The predicted octanol–water partition coefficient (Wildman–Crippen LogP) is 1.02. The van der Waals surface area contributed by atoms with E-state index in [4.69, 9.17) is 4.74 Å². The van der Waals surface area contributed by atoms with Crippen molar-refractivity contribution >= 4 is 11.9 Å². The minimum Gasteiger partial charge on any atom is -0.497 e. The summed E-state index contributed by atoms with van der Waals surface area (Å²) in [6, 6.07) is 6.62. The number of carbonyl (C=O) groups is 2. The van der Waals surface area contributed by atoms with Crippen molar-refractivity contribution in [3.63, 3.8) is 0 Å². The van der Waals surface area contributed by atoms with Crippen LogP contribution in [0, 0.1) is 0 Å². The molecule has 0 heterocycles. The second kappa shape index (κ2) is 8.16. The molecule has 1 aromatic carbocycles. The summed E-state index contributed by atoms with van der Waals surface area (Å²) in [5.41, 5.74) is 1.00. The van der Waals surface area contributed by atoms with Gasteiger partial charge in [0, 0.05) is 13.1 Å². The molecule has 0 saturated carbocycles. The molecule has 0 spiro atoms. The molecule has 0 aliphatic heterocycles. The van der Waals surface area contributed by atoms with Gasteiger partial charge in [-0.1, -0.05) is 12.1 Å². The van der Waals surface area contributed by atoms with Crippen molar-refractivity contribution in [3.8, 4) is 5.75 Å². The highest BCUT2D eigenvalue weighted by atomic mass is 16.5. The third-order valence-electron chi connectivity index (χ3n) is 2.71. The molecule has 3 amide bonds. The molecular weight excluding hydrogens is 258 g/mol. The van der Waals surface area contributed by atoms with Gasteiger partial charge in [0.2, 0.25) is 5.91 Å². The lowest BCUT2D eigenvalue weighted by Gasteiger charge is -2.14. The van der Waals surface area contributed by atoms with Crippen molar-refractivity contribution in [2.75, 3.05) is 13.7 Å². The zero-order valence-electron chi connectivity index (χ0n) is 12.0. The molecule has 0 radical (unpaired) electrons. The Morgan fingerprint density at radius 2 is 2.10 bits per heavy atom. The number of rotatable bonds is 6. The molecule has 0 aliphatic carbocycles. The van der Waals surface area contributed by atoms with E-state index >= 15 is 0 Å². The van der Waals surface area contributed by atoms with Crippen LogP contribution in [-0.4, -0.2) is 31.6 Å². The summed E-state index contributed by atoms with van der Waals surface area (Å²) in [5, 5.41) is 7.82. The van der Waals surface area contributed by atoms with Crippen LogP contribution in [0.15, 0.2) is 24.3 Å². The standard InChI is InChI=1S/C14H21N3O3/c1-4-15-14(19)17-13(18)10(2)16-9-11-6-5-7-12(8-11)20-3/h5-8,10,16H,4,9H2,1-3H3,(H2,15,17,18,19). The van der Waals surface area contributed by atoms with Gasteiger partial charge in [-0.25, -0.2) is 4.79 Å². The molecule has 0 aliphatic rings. The SMILES string of the molecule is CCNC(=O)NC(=O)C(C)NCc1cccc(OC)c1. The molecule has 0 aromatic heterocycles. The van der Waals surface area contributed by atoms with Crippen molar-refractivity contribution < 1.29 is 14.3 Å². The summed E-state index contributed by atoms with van der Waals surface area (Å²) in [6.45, 7) is 4.48. The Balaban J connectivity index is 2.43. The molecule has 110 valence electrons. The third kappa shape index (κ3) is 5.27. The van der Waals surface area contributed by atoms with E-state index in [0.29, 0.717) is 13.1 Å². The van der Waals surface area contributed by atoms with E-state index in [9.17, 15) is 9.59 Å². The Morgan fingerprint density at radius 1 is 1.35 bits per heavy atom. The Morgan fingerprint density at radius 3 is 2.75 bits per heavy atom. The van der Waals surface area contributed by atoms with E-state index < -0.39 is 12.1 Å². The largest absolute Gasteiger partial charge is 0.497 e. The molecule has 1 aromatic rings. The molecule has 20 heavy (non-hydrogen) atoms. The van der Waals surface area contributed by atoms with Gasteiger partial charge in [-0.3, -0.25) is 10.1 Å². The molecule has 0 fully saturated rings. The van der Waals surface area contributed by atoms with E-state index in [1.165, 1.54) is 0 Å².